The summed E-state index contributed by atoms with van der Waals surface area (Å²) in [5.41, 5.74) is -2.24. The lowest BCUT2D eigenvalue weighted by molar-refractivity contribution is -0.384. The Morgan fingerprint density at radius 2 is 1.73 bits per heavy atom. The number of halogens is 7. The molecule has 0 unspecified atom stereocenters. The number of carbonyl (C=O) groups is 1. The molecule has 15 heteroatoms. The van der Waals surface area contributed by atoms with Crippen molar-refractivity contribution in [3.05, 3.63) is 72.3 Å². The van der Waals surface area contributed by atoms with Crippen LogP contribution in [0.2, 0.25) is 20.1 Å². The zero-order valence-electron chi connectivity index (χ0n) is 16.0. The van der Waals surface area contributed by atoms with Crippen LogP contribution in [-0.2, 0) is 11.0 Å². The van der Waals surface area contributed by atoms with E-state index >= 15 is 0 Å². The van der Waals surface area contributed by atoms with Crippen LogP contribution in [-0.4, -0.2) is 20.6 Å². The average molecular weight is 544 g/mol. The number of hydroxylamine groups is 1. The lowest BCUT2D eigenvalue weighted by atomic mass is 10.2. The predicted octanol–water partition coefficient (Wildman–Crippen LogP) is 6.76. The fourth-order valence-electron chi connectivity index (χ4n) is 2.65. The van der Waals surface area contributed by atoms with E-state index in [0.717, 1.165) is 13.1 Å². The molecule has 1 aromatic heterocycles. The highest BCUT2D eigenvalue weighted by atomic mass is 35.5. The second-order valence-electron chi connectivity index (χ2n) is 6.29. The molecular formula is C18H9Cl4F3N4O4. The number of hydrogen-bond acceptors (Lipinski definition) is 5. The molecule has 1 amide bonds. The highest BCUT2D eigenvalue weighted by Gasteiger charge is 2.36. The summed E-state index contributed by atoms with van der Waals surface area (Å²) in [5, 5.41) is 15.0. The Kier molecular flexibility index (Phi) is 6.99. The van der Waals surface area contributed by atoms with Gasteiger partial charge in [0.05, 0.1) is 25.6 Å². The van der Waals surface area contributed by atoms with Crippen molar-refractivity contribution in [3.63, 3.8) is 0 Å². The minimum absolute atomic E-state index is 0.0342. The topological polar surface area (TPSA) is 90.5 Å². The molecule has 0 N–H and O–H groups in total. The average Bonchev–Trinajstić information content (AvgIpc) is 3.10. The zero-order valence-corrected chi connectivity index (χ0v) is 19.1. The van der Waals surface area contributed by atoms with E-state index in [1.165, 1.54) is 18.2 Å². The molecule has 3 aromatic rings. The Morgan fingerprint density at radius 3 is 2.21 bits per heavy atom. The summed E-state index contributed by atoms with van der Waals surface area (Å²) in [5.74, 6) is -1.57. The first-order valence-electron chi connectivity index (χ1n) is 8.54. The second-order valence-corrected chi connectivity index (χ2v) is 7.95. The molecule has 174 valence electrons. The van der Waals surface area contributed by atoms with Crippen LogP contribution in [0.1, 0.15) is 12.5 Å². The molecule has 0 aliphatic carbocycles. The molecule has 0 aliphatic rings. The maximum Gasteiger partial charge on any atom is 0.416 e. The van der Waals surface area contributed by atoms with Crippen molar-refractivity contribution >= 4 is 63.8 Å². The molecule has 0 radical (unpaired) electrons. The molecule has 0 saturated carbocycles. The van der Waals surface area contributed by atoms with E-state index in [4.69, 9.17) is 51.2 Å². The van der Waals surface area contributed by atoms with Gasteiger partial charge in [0.2, 0.25) is 0 Å². The number of hydrogen-bond donors (Lipinski definition) is 0. The second kappa shape index (κ2) is 9.26. The number of nitrogens with zero attached hydrogens (tertiary/aromatic N) is 4. The molecule has 0 fully saturated rings. The standard InChI is InChI=1S/C18H9Cl4F3N4O4/c1-8(30)28(33-15-3-2-10(19)6-11(15)20)17-14(29(31)32)7-26-27(17)16-12(21)4-9(5-13(16)22)18(23,24)25/h2-7H,1H3. The Morgan fingerprint density at radius 1 is 1.12 bits per heavy atom. The molecule has 0 bridgehead atoms. The van der Waals surface area contributed by atoms with E-state index in [1.54, 1.807) is 0 Å². The number of rotatable bonds is 5. The van der Waals surface area contributed by atoms with Gasteiger partial charge in [-0.1, -0.05) is 46.4 Å². The van der Waals surface area contributed by atoms with Gasteiger partial charge in [0.1, 0.15) is 11.9 Å². The van der Waals surface area contributed by atoms with Gasteiger partial charge in [0, 0.05) is 11.9 Å². The van der Waals surface area contributed by atoms with Crippen LogP contribution in [0.25, 0.3) is 5.69 Å². The number of alkyl halides is 3. The minimum Gasteiger partial charge on any atom is -0.369 e. The van der Waals surface area contributed by atoms with Crippen LogP contribution in [0.15, 0.2) is 36.5 Å². The monoisotopic (exact) mass is 542 g/mol. The van der Waals surface area contributed by atoms with Crippen LogP contribution >= 0.6 is 46.4 Å². The van der Waals surface area contributed by atoms with E-state index in [1.807, 2.05) is 0 Å². The Bertz CT molecular complexity index is 1240. The van der Waals surface area contributed by atoms with E-state index in [2.05, 4.69) is 5.10 Å². The van der Waals surface area contributed by atoms with Gasteiger partial charge in [-0.2, -0.15) is 18.3 Å². The quantitative estimate of drug-likeness (QED) is 0.262. The SMILES string of the molecule is CC(=O)N(Oc1ccc(Cl)cc1Cl)c1c([N+](=O)[O-])cnn1-c1c(Cl)cc(C(F)(F)F)cc1Cl. The molecular weight excluding hydrogens is 535 g/mol. The maximum absolute atomic E-state index is 13.1. The summed E-state index contributed by atoms with van der Waals surface area (Å²) in [6.07, 6.45) is -4.01. The van der Waals surface area contributed by atoms with Crippen LogP contribution in [0.4, 0.5) is 24.7 Å². The normalized spacial score (nSPS) is 11.4. The fraction of sp³-hybridized carbons (Fsp3) is 0.111. The molecule has 0 aliphatic heterocycles. The summed E-state index contributed by atoms with van der Waals surface area (Å²) in [7, 11) is 0. The van der Waals surface area contributed by atoms with Gasteiger partial charge in [0.15, 0.2) is 5.75 Å². The van der Waals surface area contributed by atoms with Crippen LogP contribution in [0, 0.1) is 10.1 Å². The van der Waals surface area contributed by atoms with Crippen molar-refractivity contribution in [2.24, 2.45) is 0 Å². The number of carbonyl (C=O) groups excluding carboxylic acids is 1. The molecule has 3 rings (SSSR count). The Balaban J connectivity index is 2.23. The first kappa shape index (κ1) is 24.9. The highest BCUT2D eigenvalue weighted by molar-refractivity contribution is 6.38. The molecule has 0 saturated heterocycles. The van der Waals surface area contributed by atoms with Gasteiger partial charge in [-0.15, -0.1) is 5.06 Å². The third-order valence-corrected chi connectivity index (χ3v) is 5.15. The van der Waals surface area contributed by atoms with Crippen molar-refractivity contribution in [1.29, 1.82) is 0 Å². The first-order valence-corrected chi connectivity index (χ1v) is 10.0. The number of benzene rings is 2. The van der Waals surface area contributed by atoms with E-state index in [9.17, 15) is 28.1 Å². The molecule has 33 heavy (non-hydrogen) atoms. The first-order chi connectivity index (χ1) is 15.3. The van der Waals surface area contributed by atoms with Gasteiger partial charge < -0.3 is 4.84 Å². The van der Waals surface area contributed by atoms with Crippen molar-refractivity contribution in [1.82, 2.24) is 9.78 Å². The van der Waals surface area contributed by atoms with Gasteiger partial charge in [0.25, 0.3) is 11.7 Å². The lowest BCUT2D eigenvalue weighted by Gasteiger charge is -2.22. The predicted molar refractivity (Wildman–Crippen MR) is 115 cm³/mol. The van der Waals surface area contributed by atoms with Crippen molar-refractivity contribution in [2.45, 2.75) is 13.1 Å². The Labute approximate surface area is 203 Å². The van der Waals surface area contributed by atoms with E-state index in [-0.39, 0.29) is 21.5 Å². The number of aromatic nitrogens is 2. The smallest absolute Gasteiger partial charge is 0.369 e. The molecule has 0 spiro atoms. The fourth-order valence-corrected chi connectivity index (χ4v) is 3.74. The van der Waals surface area contributed by atoms with Crippen molar-refractivity contribution < 1.29 is 27.7 Å². The maximum atomic E-state index is 13.1. The van der Waals surface area contributed by atoms with Crippen molar-refractivity contribution in [3.8, 4) is 11.4 Å². The van der Waals surface area contributed by atoms with Gasteiger partial charge in [-0.05, 0) is 30.3 Å². The molecule has 1 heterocycles. The van der Waals surface area contributed by atoms with Crippen LogP contribution in [0.3, 0.4) is 0 Å². The largest absolute Gasteiger partial charge is 0.416 e. The molecule has 0 atom stereocenters. The van der Waals surface area contributed by atoms with Gasteiger partial charge >= 0.3 is 11.9 Å². The molecule has 2 aromatic carbocycles. The lowest BCUT2D eigenvalue weighted by Crippen LogP contribution is -2.34. The highest BCUT2D eigenvalue weighted by Crippen LogP contribution is 2.41. The number of nitro groups is 1. The number of anilines is 1. The van der Waals surface area contributed by atoms with Crippen LogP contribution < -0.4 is 9.90 Å². The number of amides is 1. The van der Waals surface area contributed by atoms with E-state index in [0.29, 0.717) is 21.9 Å². The summed E-state index contributed by atoms with van der Waals surface area (Å²) in [6.45, 7) is 1.01. The minimum atomic E-state index is -4.76. The third-order valence-electron chi connectivity index (χ3n) is 4.04. The van der Waals surface area contributed by atoms with Gasteiger partial charge in [-0.3, -0.25) is 14.9 Å². The Hall–Kier alpha value is -2.73. The van der Waals surface area contributed by atoms with Crippen molar-refractivity contribution in [2.75, 3.05) is 5.06 Å². The van der Waals surface area contributed by atoms with Crippen LogP contribution in [0.5, 0.6) is 5.75 Å². The molecule has 8 nitrogen and oxygen atoms in total. The summed E-state index contributed by atoms with van der Waals surface area (Å²) < 4.78 is 40.0. The van der Waals surface area contributed by atoms with Gasteiger partial charge in [-0.25, -0.2) is 4.68 Å². The zero-order chi connectivity index (χ0) is 24.7. The third kappa shape index (κ3) is 5.11. The van der Waals surface area contributed by atoms with E-state index < -0.39 is 44.1 Å². The summed E-state index contributed by atoms with van der Waals surface area (Å²) in [4.78, 5) is 28.6. The summed E-state index contributed by atoms with van der Waals surface area (Å²) >= 11 is 23.9. The summed E-state index contributed by atoms with van der Waals surface area (Å²) in [6, 6.07) is 5.11.